The van der Waals surface area contributed by atoms with E-state index in [1.165, 1.54) is 16.4 Å². The molecule has 118 valence electrons. The maximum absolute atomic E-state index is 13.8. The molecule has 1 aromatic carbocycles. The Kier molecular flexibility index (Phi) is 4.98. The summed E-state index contributed by atoms with van der Waals surface area (Å²) in [7, 11) is -3.66. The van der Waals surface area contributed by atoms with Crippen LogP contribution in [0.1, 0.15) is 24.5 Å². The number of ether oxygens (including phenoxy) is 1. The van der Waals surface area contributed by atoms with Crippen molar-refractivity contribution in [1.82, 2.24) is 4.31 Å². The van der Waals surface area contributed by atoms with E-state index < -0.39 is 15.8 Å². The number of nitrogens with two attached hydrogens (primary N) is 1. The average Bonchev–Trinajstić information content (AvgIpc) is 2.49. The highest BCUT2D eigenvalue weighted by Crippen LogP contribution is 2.25. The third-order valence-corrected chi connectivity index (χ3v) is 5.70. The number of hydrogen-bond donors (Lipinski definition) is 1. The van der Waals surface area contributed by atoms with Crippen LogP contribution in [-0.2, 0) is 21.3 Å². The van der Waals surface area contributed by atoms with Gasteiger partial charge >= 0.3 is 0 Å². The summed E-state index contributed by atoms with van der Waals surface area (Å²) in [4.78, 5) is 0.0993. The second-order valence-corrected chi connectivity index (χ2v) is 7.06. The molecule has 0 aromatic heterocycles. The normalized spacial score (nSPS) is 20.7. The molecule has 1 fully saturated rings. The number of morpholine rings is 1. The third kappa shape index (κ3) is 3.11. The van der Waals surface area contributed by atoms with Crippen LogP contribution in [0.15, 0.2) is 17.0 Å². The summed E-state index contributed by atoms with van der Waals surface area (Å²) in [6, 6.07) is 2.52. The van der Waals surface area contributed by atoms with Gasteiger partial charge in [0.2, 0.25) is 10.0 Å². The zero-order valence-electron chi connectivity index (χ0n) is 12.3. The first-order valence-electron chi connectivity index (χ1n) is 7.00. The Hall–Kier alpha value is -1.02. The van der Waals surface area contributed by atoms with Crippen molar-refractivity contribution in [3.05, 3.63) is 29.1 Å². The van der Waals surface area contributed by atoms with Crippen LogP contribution in [0.3, 0.4) is 0 Å². The van der Waals surface area contributed by atoms with Gasteiger partial charge in [0.25, 0.3) is 0 Å². The molecule has 1 unspecified atom stereocenters. The lowest BCUT2D eigenvalue weighted by Crippen LogP contribution is -2.48. The topological polar surface area (TPSA) is 72.6 Å². The zero-order valence-corrected chi connectivity index (χ0v) is 13.1. The van der Waals surface area contributed by atoms with Crippen LogP contribution in [0.4, 0.5) is 4.39 Å². The quantitative estimate of drug-likeness (QED) is 0.911. The minimum atomic E-state index is -3.66. The van der Waals surface area contributed by atoms with Crippen LogP contribution in [0.5, 0.6) is 0 Å². The molecule has 1 aliphatic heterocycles. The van der Waals surface area contributed by atoms with Gasteiger partial charge in [0.05, 0.1) is 18.1 Å². The van der Waals surface area contributed by atoms with E-state index in [9.17, 15) is 12.8 Å². The molecule has 5 nitrogen and oxygen atoms in total. The molecule has 1 aromatic rings. The summed E-state index contributed by atoms with van der Waals surface area (Å²) in [6.45, 7) is 4.51. The van der Waals surface area contributed by atoms with Gasteiger partial charge in [-0.25, -0.2) is 12.8 Å². The maximum atomic E-state index is 13.8. The first-order valence-corrected chi connectivity index (χ1v) is 8.44. The minimum absolute atomic E-state index is 0.0314. The molecule has 1 atom stereocenters. The Bertz CT molecular complexity index is 619. The number of sulfonamides is 1. The molecule has 0 spiro atoms. The highest BCUT2D eigenvalue weighted by Gasteiger charge is 2.33. The lowest BCUT2D eigenvalue weighted by atomic mass is 10.1. The number of benzene rings is 1. The summed E-state index contributed by atoms with van der Waals surface area (Å²) in [5, 5.41) is 0. The van der Waals surface area contributed by atoms with E-state index in [4.69, 9.17) is 10.5 Å². The van der Waals surface area contributed by atoms with Crippen LogP contribution in [0, 0.1) is 12.7 Å². The SMILES string of the molecule is CCC1COCCN1S(=O)(=O)c1cc(C)c(F)c(CN)c1. The first kappa shape index (κ1) is 16.4. The molecule has 0 amide bonds. The zero-order chi connectivity index (χ0) is 15.6. The molecule has 1 aliphatic rings. The van der Waals surface area contributed by atoms with Crippen molar-refractivity contribution in [2.24, 2.45) is 5.73 Å². The van der Waals surface area contributed by atoms with Crippen molar-refractivity contribution < 1.29 is 17.5 Å². The van der Waals surface area contributed by atoms with Crippen molar-refractivity contribution in [3.8, 4) is 0 Å². The van der Waals surface area contributed by atoms with E-state index in [1.54, 1.807) is 6.92 Å². The largest absolute Gasteiger partial charge is 0.378 e. The van der Waals surface area contributed by atoms with Crippen LogP contribution in [-0.4, -0.2) is 38.5 Å². The second kappa shape index (κ2) is 6.39. The van der Waals surface area contributed by atoms with Gasteiger partial charge in [0, 0.05) is 24.7 Å². The molecule has 2 N–H and O–H groups in total. The van der Waals surface area contributed by atoms with Gasteiger partial charge in [-0.3, -0.25) is 0 Å². The second-order valence-electron chi connectivity index (χ2n) is 5.17. The van der Waals surface area contributed by atoms with E-state index >= 15 is 0 Å². The smallest absolute Gasteiger partial charge is 0.243 e. The summed E-state index contributed by atoms with van der Waals surface area (Å²) >= 11 is 0. The predicted octanol–water partition coefficient (Wildman–Crippen LogP) is 1.39. The van der Waals surface area contributed by atoms with Crippen LogP contribution in [0.25, 0.3) is 0 Å². The summed E-state index contributed by atoms with van der Waals surface area (Å²) in [6.07, 6.45) is 0.670. The molecule has 21 heavy (non-hydrogen) atoms. The van der Waals surface area contributed by atoms with Crippen LogP contribution in [0.2, 0.25) is 0 Å². The lowest BCUT2D eigenvalue weighted by Gasteiger charge is -2.34. The summed E-state index contributed by atoms with van der Waals surface area (Å²) < 4.78 is 46.2. The fraction of sp³-hybridized carbons (Fsp3) is 0.571. The van der Waals surface area contributed by atoms with Gasteiger partial charge in [0.1, 0.15) is 5.82 Å². The van der Waals surface area contributed by atoms with Gasteiger partial charge in [-0.1, -0.05) is 6.92 Å². The van der Waals surface area contributed by atoms with Crippen molar-refractivity contribution in [2.75, 3.05) is 19.8 Å². The molecular formula is C14H21FN2O3S. The molecule has 7 heteroatoms. The fourth-order valence-corrected chi connectivity index (χ4v) is 4.32. The molecular weight excluding hydrogens is 295 g/mol. The van der Waals surface area contributed by atoms with E-state index in [1.807, 2.05) is 6.92 Å². The highest BCUT2D eigenvalue weighted by molar-refractivity contribution is 7.89. The monoisotopic (exact) mass is 316 g/mol. The third-order valence-electron chi connectivity index (χ3n) is 3.77. The van der Waals surface area contributed by atoms with Crippen molar-refractivity contribution in [3.63, 3.8) is 0 Å². The lowest BCUT2D eigenvalue weighted by molar-refractivity contribution is 0.0314. The van der Waals surface area contributed by atoms with Gasteiger partial charge in [-0.05, 0) is 31.0 Å². The fourth-order valence-electron chi connectivity index (χ4n) is 2.52. The number of hydrogen-bond acceptors (Lipinski definition) is 4. The van der Waals surface area contributed by atoms with Crippen LogP contribution < -0.4 is 5.73 Å². The Morgan fingerprint density at radius 1 is 1.48 bits per heavy atom. The van der Waals surface area contributed by atoms with Crippen molar-refractivity contribution in [2.45, 2.75) is 37.8 Å². The highest BCUT2D eigenvalue weighted by atomic mass is 32.2. The molecule has 0 bridgehead atoms. The van der Waals surface area contributed by atoms with Gasteiger partial charge in [-0.2, -0.15) is 4.31 Å². The van der Waals surface area contributed by atoms with E-state index in [0.29, 0.717) is 26.2 Å². The van der Waals surface area contributed by atoms with E-state index in [-0.39, 0.29) is 28.6 Å². The van der Waals surface area contributed by atoms with E-state index in [0.717, 1.165) is 0 Å². The predicted molar refractivity (Wildman–Crippen MR) is 77.8 cm³/mol. The number of rotatable bonds is 4. The number of halogens is 1. The first-order chi connectivity index (χ1) is 9.91. The molecule has 0 saturated carbocycles. The molecule has 0 aliphatic carbocycles. The van der Waals surface area contributed by atoms with Gasteiger partial charge in [-0.15, -0.1) is 0 Å². The van der Waals surface area contributed by atoms with Crippen LogP contribution >= 0.6 is 0 Å². The Balaban J connectivity index is 2.46. The molecule has 1 saturated heterocycles. The molecule has 1 heterocycles. The molecule has 0 radical (unpaired) electrons. The summed E-state index contributed by atoms with van der Waals surface area (Å²) in [5.74, 6) is -0.439. The van der Waals surface area contributed by atoms with Gasteiger partial charge in [0.15, 0.2) is 0 Å². The van der Waals surface area contributed by atoms with Crippen molar-refractivity contribution in [1.29, 1.82) is 0 Å². The Labute approximate surface area is 124 Å². The standard InChI is InChI=1S/C14H21FN2O3S/c1-3-12-9-20-5-4-17(12)21(18,19)13-6-10(2)14(15)11(7-13)8-16/h6-7,12H,3-5,8-9,16H2,1-2H3. The number of aryl methyl sites for hydroxylation is 1. The molecule has 2 rings (SSSR count). The minimum Gasteiger partial charge on any atom is -0.378 e. The average molecular weight is 316 g/mol. The Morgan fingerprint density at radius 2 is 2.19 bits per heavy atom. The van der Waals surface area contributed by atoms with E-state index in [2.05, 4.69) is 0 Å². The summed E-state index contributed by atoms with van der Waals surface area (Å²) in [5.41, 5.74) is 6.00. The van der Waals surface area contributed by atoms with Crippen molar-refractivity contribution >= 4 is 10.0 Å². The van der Waals surface area contributed by atoms with Gasteiger partial charge < -0.3 is 10.5 Å². The Morgan fingerprint density at radius 3 is 2.81 bits per heavy atom. The number of nitrogens with zero attached hydrogens (tertiary/aromatic N) is 1. The maximum Gasteiger partial charge on any atom is 0.243 e.